The zero-order chi connectivity index (χ0) is 10.8. The Morgan fingerprint density at radius 3 is 2.67 bits per heavy atom. The van der Waals surface area contributed by atoms with E-state index in [0.717, 1.165) is 12.8 Å². The van der Waals surface area contributed by atoms with Crippen LogP contribution in [0.25, 0.3) is 0 Å². The van der Waals surface area contributed by atoms with Crippen LogP contribution in [-0.2, 0) is 0 Å². The summed E-state index contributed by atoms with van der Waals surface area (Å²) in [5.41, 5.74) is 7.33. The Labute approximate surface area is 92.9 Å². The first-order valence-electron chi connectivity index (χ1n) is 4.86. The minimum atomic E-state index is -0.384. The quantitative estimate of drug-likeness (QED) is 0.813. The summed E-state index contributed by atoms with van der Waals surface area (Å²) in [6.45, 7) is 0. The number of benzene rings is 1. The van der Waals surface area contributed by atoms with Crippen LogP contribution in [-0.4, -0.2) is 0 Å². The van der Waals surface area contributed by atoms with Crippen molar-refractivity contribution in [1.29, 1.82) is 0 Å². The molecule has 15 heavy (non-hydrogen) atoms. The lowest BCUT2D eigenvalue weighted by Crippen LogP contribution is -2.16. The molecular formula is C11H12ClFN2. The average Bonchev–Trinajstić information content (AvgIpc) is 2.07. The molecule has 1 aliphatic rings. The van der Waals surface area contributed by atoms with Gasteiger partial charge >= 0.3 is 0 Å². The Hall–Kier alpha value is -1.22. The third-order valence-corrected chi connectivity index (χ3v) is 2.77. The molecule has 1 fully saturated rings. The number of nitrogens with one attached hydrogen (secondary N) is 1. The Balaban J connectivity index is 2.17. The lowest BCUT2D eigenvalue weighted by Gasteiger charge is -2.20. The summed E-state index contributed by atoms with van der Waals surface area (Å²) in [6, 6.07) is 4.48. The van der Waals surface area contributed by atoms with E-state index in [1.165, 1.54) is 18.1 Å². The van der Waals surface area contributed by atoms with Crippen LogP contribution in [0.2, 0.25) is 5.02 Å². The van der Waals surface area contributed by atoms with E-state index in [1.807, 2.05) is 0 Å². The van der Waals surface area contributed by atoms with Gasteiger partial charge in [-0.3, -0.25) is 0 Å². The zero-order valence-electron chi connectivity index (χ0n) is 8.19. The monoisotopic (exact) mass is 226 g/mol. The Morgan fingerprint density at radius 1 is 1.40 bits per heavy atom. The summed E-state index contributed by atoms with van der Waals surface area (Å²) in [7, 11) is 0. The summed E-state index contributed by atoms with van der Waals surface area (Å²) in [6.07, 6.45) is 3.18. The van der Waals surface area contributed by atoms with Crippen LogP contribution < -0.4 is 11.1 Å². The molecule has 1 saturated carbocycles. The number of hydrogen-bond acceptors (Lipinski definition) is 2. The number of nitrogens with two attached hydrogens (primary N) is 1. The highest BCUT2D eigenvalue weighted by molar-refractivity contribution is 6.30. The van der Waals surface area contributed by atoms with E-state index < -0.39 is 0 Å². The highest BCUT2D eigenvalue weighted by Gasteiger charge is 2.13. The number of halogens is 2. The van der Waals surface area contributed by atoms with E-state index >= 15 is 0 Å². The lowest BCUT2D eigenvalue weighted by molar-refractivity contribution is 0.628. The van der Waals surface area contributed by atoms with Crippen molar-refractivity contribution in [1.82, 2.24) is 0 Å². The first-order valence-corrected chi connectivity index (χ1v) is 5.24. The normalized spacial score (nSPS) is 14.7. The smallest absolute Gasteiger partial charge is 0.148 e. The second-order valence-corrected chi connectivity index (χ2v) is 4.06. The molecule has 0 bridgehead atoms. The molecule has 0 atom stereocenters. The van der Waals surface area contributed by atoms with Crippen molar-refractivity contribution in [3.8, 4) is 0 Å². The highest BCUT2D eigenvalue weighted by atomic mass is 35.5. The highest BCUT2D eigenvalue weighted by Crippen LogP contribution is 2.28. The molecule has 0 unspecified atom stereocenters. The molecule has 0 spiro atoms. The van der Waals surface area contributed by atoms with E-state index in [4.69, 9.17) is 17.3 Å². The zero-order valence-corrected chi connectivity index (χ0v) is 8.94. The third-order valence-electron chi connectivity index (χ3n) is 2.54. The Kier molecular flexibility index (Phi) is 2.82. The first kappa shape index (κ1) is 10.3. The van der Waals surface area contributed by atoms with Crippen molar-refractivity contribution < 1.29 is 4.39 Å². The third kappa shape index (κ3) is 2.23. The number of anilines is 1. The summed E-state index contributed by atoms with van der Waals surface area (Å²) < 4.78 is 13.4. The van der Waals surface area contributed by atoms with Gasteiger partial charge in [0, 0.05) is 5.02 Å². The maximum Gasteiger partial charge on any atom is 0.148 e. The van der Waals surface area contributed by atoms with Crippen molar-refractivity contribution in [3.05, 3.63) is 40.4 Å². The van der Waals surface area contributed by atoms with Crippen LogP contribution in [0, 0.1) is 5.82 Å². The molecule has 0 radical (unpaired) electrons. The second-order valence-electron chi connectivity index (χ2n) is 3.62. The molecule has 0 aliphatic heterocycles. The molecule has 1 aromatic carbocycles. The van der Waals surface area contributed by atoms with Gasteiger partial charge in [0.15, 0.2) is 0 Å². The number of allylic oxidation sites excluding steroid dienone is 1. The van der Waals surface area contributed by atoms with Gasteiger partial charge in [-0.25, -0.2) is 4.39 Å². The lowest BCUT2D eigenvalue weighted by atomic mass is 9.92. The molecule has 80 valence electrons. The molecule has 0 saturated heterocycles. The van der Waals surface area contributed by atoms with Crippen molar-refractivity contribution in [2.24, 2.45) is 5.73 Å². The maximum atomic E-state index is 13.4. The minimum Gasteiger partial charge on any atom is -0.385 e. The molecule has 3 N–H and O–H groups in total. The summed E-state index contributed by atoms with van der Waals surface area (Å²) >= 11 is 5.64. The second kappa shape index (κ2) is 4.11. The van der Waals surface area contributed by atoms with Crippen molar-refractivity contribution in [3.63, 3.8) is 0 Å². The average molecular weight is 227 g/mol. The fourth-order valence-corrected chi connectivity index (χ4v) is 1.61. The van der Waals surface area contributed by atoms with Crippen LogP contribution in [0.4, 0.5) is 10.1 Å². The predicted molar refractivity (Wildman–Crippen MR) is 60.1 cm³/mol. The minimum absolute atomic E-state index is 0.372. The van der Waals surface area contributed by atoms with Crippen molar-refractivity contribution in [2.75, 3.05) is 5.32 Å². The van der Waals surface area contributed by atoms with Crippen LogP contribution in [0.5, 0.6) is 0 Å². The van der Waals surface area contributed by atoms with E-state index in [-0.39, 0.29) is 5.82 Å². The molecular weight excluding hydrogens is 215 g/mol. The SMILES string of the molecule is NC(Nc1ccc(Cl)cc1F)=C1CCC1. The Bertz CT molecular complexity index is 409. The molecule has 0 aromatic heterocycles. The van der Waals surface area contributed by atoms with Crippen LogP contribution in [0.15, 0.2) is 29.6 Å². The molecule has 4 heteroatoms. The largest absolute Gasteiger partial charge is 0.385 e. The van der Waals surface area contributed by atoms with Gasteiger partial charge in [0.25, 0.3) is 0 Å². The Morgan fingerprint density at radius 2 is 2.13 bits per heavy atom. The van der Waals surface area contributed by atoms with Gasteiger partial charge in [-0.05, 0) is 43.0 Å². The van der Waals surface area contributed by atoms with Gasteiger partial charge in [-0.1, -0.05) is 11.6 Å². The standard InChI is InChI=1S/C11H12ClFN2/c12-8-4-5-10(9(13)6-8)15-11(14)7-2-1-3-7/h4-6,15H,1-3,14H2. The van der Waals surface area contributed by atoms with E-state index in [9.17, 15) is 4.39 Å². The van der Waals surface area contributed by atoms with E-state index in [1.54, 1.807) is 12.1 Å². The molecule has 0 heterocycles. The van der Waals surface area contributed by atoms with Crippen LogP contribution in [0.3, 0.4) is 0 Å². The van der Waals surface area contributed by atoms with E-state index in [2.05, 4.69) is 5.32 Å². The van der Waals surface area contributed by atoms with Crippen molar-refractivity contribution >= 4 is 17.3 Å². The maximum absolute atomic E-state index is 13.4. The van der Waals surface area contributed by atoms with Crippen LogP contribution in [0.1, 0.15) is 19.3 Å². The van der Waals surface area contributed by atoms with Gasteiger partial charge in [0.2, 0.25) is 0 Å². The number of hydrogen-bond donors (Lipinski definition) is 2. The summed E-state index contributed by atoms with van der Waals surface area (Å²) in [5.74, 6) is 0.188. The molecule has 1 aromatic rings. The molecule has 2 nitrogen and oxygen atoms in total. The molecule has 0 amide bonds. The van der Waals surface area contributed by atoms with Gasteiger partial charge in [-0.15, -0.1) is 0 Å². The van der Waals surface area contributed by atoms with Gasteiger partial charge in [0.1, 0.15) is 5.82 Å². The fourth-order valence-electron chi connectivity index (χ4n) is 1.45. The van der Waals surface area contributed by atoms with Gasteiger partial charge in [-0.2, -0.15) is 0 Å². The predicted octanol–water partition coefficient (Wildman–Crippen LogP) is 3.25. The van der Waals surface area contributed by atoms with E-state index in [0.29, 0.717) is 16.5 Å². The van der Waals surface area contributed by atoms with Crippen molar-refractivity contribution in [2.45, 2.75) is 19.3 Å². The fraction of sp³-hybridized carbons (Fsp3) is 0.273. The first-order chi connectivity index (χ1) is 7.16. The topological polar surface area (TPSA) is 38.0 Å². The molecule has 2 rings (SSSR count). The van der Waals surface area contributed by atoms with Crippen LogP contribution >= 0.6 is 11.6 Å². The van der Waals surface area contributed by atoms with Gasteiger partial charge in [0.05, 0.1) is 11.5 Å². The summed E-state index contributed by atoms with van der Waals surface area (Å²) in [4.78, 5) is 0. The molecule has 1 aliphatic carbocycles. The van der Waals surface area contributed by atoms with Gasteiger partial charge < -0.3 is 11.1 Å². The summed E-state index contributed by atoms with van der Waals surface area (Å²) in [5, 5.41) is 3.25. The number of rotatable bonds is 2.